The van der Waals surface area contributed by atoms with E-state index in [1.54, 1.807) is 6.07 Å². The summed E-state index contributed by atoms with van der Waals surface area (Å²) >= 11 is 0. The van der Waals surface area contributed by atoms with Gasteiger partial charge in [-0.1, -0.05) is 51.1 Å². The Bertz CT molecular complexity index is 1180. The zero-order valence-corrected chi connectivity index (χ0v) is 19.4. The van der Waals surface area contributed by atoms with Gasteiger partial charge in [-0.3, -0.25) is 4.79 Å². The summed E-state index contributed by atoms with van der Waals surface area (Å²) in [7, 11) is 0. The minimum Gasteiger partial charge on any atom is -0.480 e. The van der Waals surface area contributed by atoms with Crippen LogP contribution in [-0.4, -0.2) is 27.6 Å². The first-order chi connectivity index (χ1) is 15.7. The fourth-order valence-electron chi connectivity index (χ4n) is 5.08. The van der Waals surface area contributed by atoms with Crippen LogP contribution in [0.4, 0.5) is 4.39 Å². The summed E-state index contributed by atoms with van der Waals surface area (Å²) in [5.74, 6) is -1.24. The molecule has 2 aromatic carbocycles. The third-order valence-electron chi connectivity index (χ3n) is 6.78. The normalized spacial score (nSPS) is 16.9. The number of hydrogen-bond acceptors (Lipinski definition) is 2. The van der Waals surface area contributed by atoms with Crippen molar-refractivity contribution in [2.24, 2.45) is 5.41 Å². The molecule has 0 saturated heterocycles. The predicted molar refractivity (Wildman–Crippen MR) is 127 cm³/mol. The second kappa shape index (κ2) is 9.00. The second-order valence-corrected chi connectivity index (χ2v) is 9.68. The maximum atomic E-state index is 14.1. The number of rotatable bonds is 7. The molecule has 2 N–H and O–H groups in total. The van der Waals surface area contributed by atoms with Crippen LogP contribution in [-0.2, 0) is 28.9 Å². The number of carboxylic acids is 1. The standard InChI is InChI=1S/C27H31FN2O3/c1-4-22(25(31)32)30-23-12-10-18(28)14-20(23)21-15-19(11-13-24(21)30)29-26(33)27(2,3)16-17-8-6-5-7-9-17/h5-10,12,14,19,22H,4,11,13,15-16H2,1-3H3,(H,29,33)(H,31,32). The van der Waals surface area contributed by atoms with Gasteiger partial charge in [0.1, 0.15) is 11.9 Å². The number of carboxylic acid groups (broad SMARTS) is 1. The van der Waals surface area contributed by atoms with Crippen molar-refractivity contribution in [1.82, 2.24) is 9.88 Å². The molecule has 4 rings (SSSR count). The second-order valence-electron chi connectivity index (χ2n) is 9.68. The highest BCUT2D eigenvalue weighted by Crippen LogP contribution is 2.36. The number of hydrogen-bond donors (Lipinski definition) is 2. The first kappa shape index (κ1) is 23.0. The molecule has 1 amide bonds. The van der Waals surface area contributed by atoms with Crippen molar-refractivity contribution >= 4 is 22.8 Å². The van der Waals surface area contributed by atoms with Gasteiger partial charge >= 0.3 is 5.97 Å². The van der Waals surface area contributed by atoms with Crippen LogP contribution in [0, 0.1) is 11.2 Å². The highest BCUT2D eigenvalue weighted by molar-refractivity contribution is 5.88. The molecule has 5 nitrogen and oxygen atoms in total. The van der Waals surface area contributed by atoms with E-state index in [-0.39, 0.29) is 17.8 Å². The molecule has 0 radical (unpaired) electrons. The average molecular weight is 451 g/mol. The van der Waals surface area contributed by atoms with Gasteiger partial charge in [0.2, 0.25) is 5.91 Å². The monoisotopic (exact) mass is 450 g/mol. The summed E-state index contributed by atoms with van der Waals surface area (Å²) in [4.78, 5) is 25.1. The zero-order chi connectivity index (χ0) is 23.8. The van der Waals surface area contributed by atoms with Crippen molar-refractivity contribution in [1.29, 1.82) is 0 Å². The molecule has 174 valence electrons. The SMILES string of the molecule is CCC(C(=O)O)n1c2c(c3cc(F)ccc31)CC(NC(=O)C(C)(C)Cc1ccccc1)CC2. The Morgan fingerprint density at radius 3 is 2.61 bits per heavy atom. The average Bonchev–Trinajstić information content (AvgIpc) is 3.07. The number of nitrogens with zero attached hydrogens (tertiary/aromatic N) is 1. The molecule has 0 spiro atoms. The zero-order valence-electron chi connectivity index (χ0n) is 19.4. The van der Waals surface area contributed by atoms with Crippen molar-refractivity contribution in [3.8, 4) is 0 Å². The molecule has 0 saturated carbocycles. The summed E-state index contributed by atoms with van der Waals surface area (Å²) in [6.45, 7) is 5.74. The Kier molecular flexibility index (Phi) is 6.28. The number of carbonyl (C=O) groups is 2. The van der Waals surface area contributed by atoms with Gasteiger partial charge in [0.05, 0.1) is 0 Å². The maximum absolute atomic E-state index is 14.1. The number of halogens is 1. The first-order valence-corrected chi connectivity index (χ1v) is 11.6. The van der Waals surface area contributed by atoms with Crippen molar-refractivity contribution in [3.05, 3.63) is 71.2 Å². The molecule has 0 bridgehead atoms. The first-order valence-electron chi connectivity index (χ1n) is 11.6. The van der Waals surface area contributed by atoms with Crippen molar-refractivity contribution < 1.29 is 19.1 Å². The van der Waals surface area contributed by atoms with Crippen LogP contribution in [0.5, 0.6) is 0 Å². The molecule has 1 heterocycles. The topological polar surface area (TPSA) is 71.3 Å². The summed E-state index contributed by atoms with van der Waals surface area (Å²) in [5.41, 5.74) is 3.17. The van der Waals surface area contributed by atoms with Crippen LogP contribution in [0.3, 0.4) is 0 Å². The molecule has 6 heteroatoms. The van der Waals surface area contributed by atoms with Crippen molar-refractivity contribution in [2.75, 3.05) is 0 Å². The van der Waals surface area contributed by atoms with Crippen molar-refractivity contribution in [3.63, 3.8) is 0 Å². The van der Waals surface area contributed by atoms with E-state index < -0.39 is 17.4 Å². The minimum absolute atomic E-state index is 0.00769. The molecule has 0 fully saturated rings. The molecule has 3 aromatic rings. The molecule has 33 heavy (non-hydrogen) atoms. The van der Waals surface area contributed by atoms with Gasteiger partial charge in [0, 0.05) is 28.1 Å². The van der Waals surface area contributed by atoms with E-state index in [2.05, 4.69) is 5.32 Å². The number of fused-ring (bicyclic) bond motifs is 3. The van der Waals surface area contributed by atoms with Gasteiger partial charge in [-0.2, -0.15) is 0 Å². The van der Waals surface area contributed by atoms with E-state index in [9.17, 15) is 19.1 Å². The van der Waals surface area contributed by atoms with Gasteiger partial charge in [-0.15, -0.1) is 0 Å². The van der Waals surface area contributed by atoms with Crippen LogP contribution in [0.15, 0.2) is 48.5 Å². The molecule has 1 aliphatic rings. The third kappa shape index (κ3) is 4.52. The number of aromatic nitrogens is 1. The minimum atomic E-state index is -0.889. The largest absolute Gasteiger partial charge is 0.480 e. The quantitative estimate of drug-likeness (QED) is 0.529. The lowest BCUT2D eigenvalue weighted by atomic mass is 9.83. The highest BCUT2D eigenvalue weighted by Gasteiger charge is 2.34. The predicted octanol–water partition coefficient (Wildman–Crippen LogP) is 5.06. The fraction of sp³-hybridized carbons (Fsp3) is 0.407. The van der Waals surface area contributed by atoms with E-state index in [1.165, 1.54) is 12.1 Å². The Morgan fingerprint density at radius 1 is 1.21 bits per heavy atom. The molecule has 1 aromatic heterocycles. The fourth-order valence-corrected chi connectivity index (χ4v) is 5.08. The number of nitrogens with one attached hydrogen (secondary N) is 1. The van der Waals surface area contributed by atoms with Crippen LogP contribution < -0.4 is 5.32 Å². The number of carbonyl (C=O) groups excluding carboxylic acids is 1. The molecule has 2 unspecified atom stereocenters. The van der Waals surface area contributed by atoms with E-state index in [4.69, 9.17) is 0 Å². The van der Waals surface area contributed by atoms with Gasteiger partial charge < -0.3 is 15.0 Å². The van der Waals surface area contributed by atoms with E-state index in [0.717, 1.165) is 34.1 Å². The van der Waals surface area contributed by atoms with Crippen molar-refractivity contribution in [2.45, 2.75) is 65.0 Å². The lowest BCUT2D eigenvalue weighted by Crippen LogP contribution is -2.46. The van der Waals surface area contributed by atoms with Gasteiger partial charge in [0.15, 0.2) is 0 Å². The van der Waals surface area contributed by atoms with Gasteiger partial charge in [0.25, 0.3) is 0 Å². The Hall–Kier alpha value is -3.15. The van der Waals surface area contributed by atoms with Crippen LogP contribution >= 0.6 is 0 Å². The lowest BCUT2D eigenvalue weighted by Gasteiger charge is -2.30. The molecule has 0 aliphatic heterocycles. The summed E-state index contributed by atoms with van der Waals surface area (Å²) in [6.07, 6.45) is 3.00. The Balaban J connectivity index is 1.61. The Labute approximate surface area is 193 Å². The molecule has 2 atom stereocenters. The van der Waals surface area contributed by atoms with Gasteiger partial charge in [-0.05, 0) is 61.4 Å². The molecular weight excluding hydrogens is 419 g/mol. The lowest BCUT2D eigenvalue weighted by molar-refractivity contribution is -0.141. The van der Waals surface area contributed by atoms with Gasteiger partial charge in [-0.25, -0.2) is 9.18 Å². The number of aliphatic carboxylic acids is 1. The third-order valence-corrected chi connectivity index (χ3v) is 6.78. The van der Waals surface area contributed by atoms with E-state index in [0.29, 0.717) is 25.7 Å². The van der Waals surface area contributed by atoms with Crippen LogP contribution in [0.1, 0.15) is 56.5 Å². The molecular formula is C27H31FN2O3. The number of amides is 1. The highest BCUT2D eigenvalue weighted by atomic mass is 19.1. The summed E-state index contributed by atoms with van der Waals surface area (Å²) in [5, 5.41) is 13.7. The summed E-state index contributed by atoms with van der Waals surface area (Å²) < 4.78 is 16.0. The maximum Gasteiger partial charge on any atom is 0.326 e. The van der Waals surface area contributed by atoms with E-state index in [1.807, 2.05) is 55.7 Å². The number of benzene rings is 2. The van der Waals surface area contributed by atoms with Crippen LogP contribution in [0.25, 0.3) is 10.9 Å². The Morgan fingerprint density at radius 2 is 1.94 bits per heavy atom. The smallest absolute Gasteiger partial charge is 0.326 e. The molecule has 1 aliphatic carbocycles. The summed E-state index contributed by atoms with van der Waals surface area (Å²) in [6, 6.07) is 13.7. The van der Waals surface area contributed by atoms with Crippen LogP contribution in [0.2, 0.25) is 0 Å². The van der Waals surface area contributed by atoms with E-state index >= 15 is 0 Å².